The Labute approximate surface area is 112 Å². The van der Waals surface area contributed by atoms with Crippen LogP contribution in [-0.2, 0) is 13.0 Å². The maximum atomic E-state index is 9.52. The molecule has 2 nitrogen and oxygen atoms in total. The molecule has 94 valence electrons. The Hall–Kier alpha value is -1.32. The number of benzene rings is 1. The van der Waals surface area contributed by atoms with Crippen LogP contribution < -0.4 is 4.90 Å². The minimum Gasteiger partial charge on any atom is -0.389 e. The van der Waals surface area contributed by atoms with Gasteiger partial charge in [0.05, 0.1) is 6.10 Å². The number of fused-ring (bicyclic) bond motifs is 1. The first-order valence-electron chi connectivity index (χ1n) is 6.32. The van der Waals surface area contributed by atoms with Gasteiger partial charge < -0.3 is 10.0 Å². The zero-order valence-corrected chi connectivity index (χ0v) is 11.3. The second-order valence-corrected chi connectivity index (χ2v) is 5.81. The van der Waals surface area contributed by atoms with Crippen LogP contribution in [0.3, 0.4) is 0 Å². The Morgan fingerprint density at radius 3 is 2.72 bits per heavy atom. The van der Waals surface area contributed by atoms with E-state index in [2.05, 4.69) is 28.5 Å². The molecule has 0 saturated carbocycles. The van der Waals surface area contributed by atoms with Crippen LogP contribution in [0.25, 0.3) is 0 Å². The number of nitrogens with zero attached hydrogens (tertiary/aromatic N) is 1. The van der Waals surface area contributed by atoms with E-state index in [1.54, 1.807) is 6.92 Å². The van der Waals surface area contributed by atoms with Crippen molar-refractivity contribution < 1.29 is 5.11 Å². The van der Waals surface area contributed by atoms with Crippen LogP contribution in [0, 0.1) is 0 Å². The van der Waals surface area contributed by atoms with Gasteiger partial charge in [0, 0.05) is 23.7 Å². The van der Waals surface area contributed by atoms with Gasteiger partial charge >= 0.3 is 0 Å². The number of rotatable bonds is 2. The average Bonchev–Trinajstić information content (AvgIpc) is 2.86. The SMILES string of the molecule is C[C@@H](O)c1ccc(N2CCc3sccc3C2)cc1. The molecule has 0 saturated heterocycles. The van der Waals surface area contributed by atoms with Crippen molar-refractivity contribution in [1.82, 2.24) is 0 Å². The summed E-state index contributed by atoms with van der Waals surface area (Å²) in [5.41, 5.74) is 3.69. The molecular formula is C15H17NOS. The van der Waals surface area contributed by atoms with Crippen molar-refractivity contribution in [3.63, 3.8) is 0 Å². The molecule has 0 spiro atoms. The van der Waals surface area contributed by atoms with Gasteiger partial charge in [0.15, 0.2) is 0 Å². The zero-order valence-electron chi connectivity index (χ0n) is 10.5. The Morgan fingerprint density at radius 2 is 2.00 bits per heavy atom. The molecule has 1 aromatic carbocycles. The Bertz CT molecular complexity index is 530. The highest BCUT2D eigenvalue weighted by atomic mass is 32.1. The second kappa shape index (κ2) is 4.75. The van der Waals surface area contributed by atoms with Crippen molar-refractivity contribution in [1.29, 1.82) is 0 Å². The van der Waals surface area contributed by atoms with Gasteiger partial charge in [0.1, 0.15) is 0 Å². The third-order valence-corrected chi connectivity index (χ3v) is 4.57. The van der Waals surface area contributed by atoms with Gasteiger partial charge in [0.25, 0.3) is 0 Å². The molecule has 2 heterocycles. The van der Waals surface area contributed by atoms with Crippen molar-refractivity contribution in [2.45, 2.75) is 26.0 Å². The number of hydrogen-bond donors (Lipinski definition) is 1. The lowest BCUT2D eigenvalue weighted by Gasteiger charge is -2.29. The van der Waals surface area contributed by atoms with Crippen LogP contribution in [0.5, 0.6) is 0 Å². The molecule has 1 aliphatic heterocycles. The molecular weight excluding hydrogens is 242 g/mol. The summed E-state index contributed by atoms with van der Waals surface area (Å²) < 4.78 is 0. The van der Waals surface area contributed by atoms with E-state index < -0.39 is 0 Å². The largest absolute Gasteiger partial charge is 0.389 e. The summed E-state index contributed by atoms with van der Waals surface area (Å²) in [5, 5.41) is 11.7. The van der Waals surface area contributed by atoms with E-state index in [0.29, 0.717) is 0 Å². The molecule has 18 heavy (non-hydrogen) atoms. The highest BCUT2D eigenvalue weighted by molar-refractivity contribution is 7.10. The first kappa shape index (κ1) is 11.8. The van der Waals surface area contributed by atoms with Crippen molar-refractivity contribution in [2.24, 2.45) is 0 Å². The summed E-state index contributed by atoms with van der Waals surface area (Å²) in [7, 11) is 0. The molecule has 1 N–H and O–H groups in total. The summed E-state index contributed by atoms with van der Waals surface area (Å²) in [6.45, 7) is 3.89. The fourth-order valence-corrected chi connectivity index (χ4v) is 3.32. The third kappa shape index (κ3) is 2.16. The predicted octanol–water partition coefficient (Wildman–Crippen LogP) is 3.36. The first-order chi connectivity index (χ1) is 8.74. The number of hydrogen-bond acceptors (Lipinski definition) is 3. The molecule has 1 aliphatic rings. The minimum absolute atomic E-state index is 0.385. The molecule has 3 rings (SSSR count). The Balaban J connectivity index is 1.80. The quantitative estimate of drug-likeness (QED) is 0.894. The van der Waals surface area contributed by atoms with Crippen LogP contribution >= 0.6 is 11.3 Å². The summed E-state index contributed by atoms with van der Waals surface area (Å²) in [6, 6.07) is 10.5. The maximum Gasteiger partial charge on any atom is 0.0761 e. The number of thiophene rings is 1. The average molecular weight is 259 g/mol. The standard InChI is InChI=1S/C15H17NOS/c1-11(17)12-2-4-14(5-3-12)16-8-6-15-13(10-16)7-9-18-15/h2-5,7,9,11,17H,6,8,10H2,1H3/t11-/m1/s1. The number of aliphatic hydroxyl groups excluding tert-OH is 1. The lowest BCUT2D eigenvalue weighted by molar-refractivity contribution is 0.199. The molecule has 1 atom stereocenters. The summed E-state index contributed by atoms with van der Waals surface area (Å²) in [6.07, 6.45) is 0.759. The van der Waals surface area contributed by atoms with E-state index in [1.807, 2.05) is 23.5 Å². The van der Waals surface area contributed by atoms with Gasteiger partial charge in [-0.15, -0.1) is 11.3 Å². The van der Waals surface area contributed by atoms with Gasteiger partial charge in [0.2, 0.25) is 0 Å². The third-order valence-electron chi connectivity index (χ3n) is 3.55. The highest BCUT2D eigenvalue weighted by Gasteiger charge is 2.17. The van der Waals surface area contributed by atoms with E-state index >= 15 is 0 Å². The first-order valence-corrected chi connectivity index (χ1v) is 7.20. The second-order valence-electron chi connectivity index (χ2n) is 4.81. The maximum absolute atomic E-state index is 9.52. The van der Waals surface area contributed by atoms with Gasteiger partial charge in [-0.05, 0) is 48.1 Å². The van der Waals surface area contributed by atoms with Crippen molar-refractivity contribution >= 4 is 17.0 Å². The molecule has 0 amide bonds. The van der Waals surface area contributed by atoms with Gasteiger partial charge in [-0.1, -0.05) is 12.1 Å². The summed E-state index contributed by atoms with van der Waals surface area (Å²) in [4.78, 5) is 3.94. The minimum atomic E-state index is -0.385. The fourth-order valence-electron chi connectivity index (χ4n) is 2.43. The van der Waals surface area contributed by atoms with Gasteiger partial charge in [-0.2, -0.15) is 0 Å². The van der Waals surface area contributed by atoms with Crippen LogP contribution in [-0.4, -0.2) is 11.7 Å². The van der Waals surface area contributed by atoms with Crippen molar-refractivity contribution in [2.75, 3.05) is 11.4 Å². The number of anilines is 1. The predicted molar refractivity (Wildman–Crippen MR) is 76.1 cm³/mol. The monoisotopic (exact) mass is 259 g/mol. The Kier molecular flexibility index (Phi) is 3.10. The number of aliphatic hydroxyl groups is 1. The van der Waals surface area contributed by atoms with Crippen molar-refractivity contribution in [3.8, 4) is 0 Å². The molecule has 1 aromatic heterocycles. The van der Waals surface area contributed by atoms with E-state index in [1.165, 1.54) is 16.1 Å². The summed E-state index contributed by atoms with van der Waals surface area (Å²) in [5.74, 6) is 0. The molecule has 0 fully saturated rings. The zero-order chi connectivity index (χ0) is 12.5. The van der Waals surface area contributed by atoms with Gasteiger partial charge in [-0.3, -0.25) is 0 Å². The van der Waals surface area contributed by atoms with Crippen molar-refractivity contribution in [3.05, 3.63) is 51.7 Å². The van der Waals surface area contributed by atoms with Crippen LogP contribution in [0.1, 0.15) is 29.0 Å². The fraction of sp³-hybridized carbons (Fsp3) is 0.333. The van der Waals surface area contributed by atoms with Crippen LogP contribution in [0.2, 0.25) is 0 Å². The molecule has 0 aliphatic carbocycles. The topological polar surface area (TPSA) is 23.5 Å². The van der Waals surface area contributed by atoms with Gasteiger partial charge in [-0.25, -0.2) is 0 Å². The lowest BCUT2D eigenvalue weighted by Crippen LogP contribution is -2.29. The van der Waals surface area contributed by atoms with Crippen LogP contribution in [0.4, 0.5) is 5.69 Å². The van der Waals surface area contributed by atoms with Crippen LogP contribution in [0.15, 0.2) is 35.7 Å². The normalized spacial score (nSPS) is 16.4. The molecule has 3 heteroatoms. The molecule has 2 aromatic rings. The smallest absolute Gasteiger partial charge is 0.0761 e. The Morgan fingerprint density at radius 1 is 1.22 bits per heavy atom. The molecule has 0 radical (unpaired) electrons. The van der Waals surface area contributed by atoms with E-state index in [4.69, 9.17) is 0 Å². The summed E-state index contributed by atoms with van der Waals surface area (Å²) >= 11 is 1.87. The molecule has 0 bridgehead atoms. The highest BCUT2D eigenvalue weighted by Crippen LogP contribution is 2.28. The van der Waals surface area contributed by atoms with E-state index in [-0.39, 0.29) is 6.10 Å². The van der Waals surface area contributed by atoms with E-state index in [9.17, 15) is 5.11 Å². The lowest BCUT2D eigenvalue weighted by atomic mass is 10.1. The molecule has 0 unspecified atom stereocenters. The van der Waals surface area contributed by atoms with E-state index in [0.717, 1.165) is 25.1 Å².